The molecule has 0 fully saturated rings. The molecule has 0 saturated heterocycles. The van der Waals surface area contributed by atoms with Crippen LogP contribution in [0.2, 0.25) is 0 Å². The number of sulfonamides is 1. The molecule has 1 aliphatic carbocycles. The molecule has 1 unspecified atom stereocenters. The second kappa shape index (κ2) is 8.95. The number of nitrogens with one attached hydrogen (secondary N) is 2. The molecule has 10 heteroatoms. The topological polar surface area (TPSA) is 118 Å². The van der Waals surface area contributed by atoms with E-state index in [0.29, 0.717) is 16.5 Å². The minimum atomic E-state index is -4.06. The summed E-state index contributed by atoms with van der Waals surface area (Å²) in [4.78, 5) is 26.1. The number of halogens is 1. The van der Waals surface area contributed by atoms with Gasteiger partial charge in [0.1, 0.15) is 10.8 Å². The average Bonchev–Trinajstić information content (AvgIpc) is 3.11. The van der Waals surface area contributed by atoms with Crippen LogP contribution in [0.5, 0.6) is 0 Å². The Morgan fingerprint density at radius 1 is 1.12 bits per heavy atom. The highest BCUT2D eigenvalue weighted by Gasteiger charge is 2.28. The Morgan fingerprint density at radius 3 is 2.52 bits per heavy atom. The van der Waals surface area contributed by atoms with E-state index >= 15 is 0 Å². The summed E-state index contributed by atoms with van der Waals surface area (Å²) < 4.78 is 41.0. The summed E-state index contributed by atoms with van der Waals surface area (Å²) in [5.41, 5.74) is 6.94. The number of rotatable bonds is 6. The molecule has 1 aliphatic rings. The molecule has 0 saturated carbocycles. The first-order valence-electron chi connectivity index (χ1n) is 10.3. The minimum absolute atomic E-state index is 0.0508. The lowest BCUT2D eigenvalue weighted by molar-refractivity contribution is 0.1000. The summed E-state index contributed by atoms with van der Waals surface area (Å²) in [7, 11) is -4.06. The third-order valence-electron chi connectivity index (χ3n) is 5.53. The highest BCUT2D eigenvalue weighted by Crippen LogP contribution is 2.39. The van der Waals surface area contributed by atoms with Crippen LogP contribution in [0.1, 0.15) is 44.5 Å². The van der Waals surface area contributed by atoms with E-state index in [2.05, 4.69) is 17.0 Å². The van der Waals surface area contributed by atoms with Crippen LogP contribution in [0.15, 0.2) is 53.4 Å². The number of carbonyl (C=O) groups excluding carboxylic acids is 2. The van der Waals surface area contributed by atoms with Crippen molar-refractivity contribution >= 4 is 43.9 Å². The maximum atomic E-state index is 13.2. The number of nitrogens with two attached hydrogens (primary N) is 1. The highest BCUT2D eigenvalue weighted by molar-refractivity contribution is 7.92. The van der Waals surface area contributed by atoms with Gasteiger partial charge >= 0.3 is 0 Å². The quantitative estimate of drug-likeness (QED) is 0.484. The summed E-state index contributed by atoms with van der Waals surface area (Å²) in [6.45, 7) is 2.13. The fourth-order valence-electron chi connectivity index (χ4n) is 3.86. The van der Waals surface area contributed by atoms with E-state index in [4.69, 9.17) is 5.73 Å². The Balaban J connectivity index is 1.63. The van der Waals surface area contributed by atoms with Crippen molar-refractivity contribution in [3.05, 3.63) is 75.9 Å². The molecule has 1 aromatic heterocycles. The zero-order valence-electron chi connectivity index (χ0n) is 17.7. The van der Waals surface area contributed by atoms with Gasteiger partial charge in [0.2, 0.25) is 0 Å². The first-order chi connectivity index (χ1) is 15.7. The molecule has 4 N–H and O–H groups in total. The molecule has 0 radical (unpaired) electrons. The molecular weight excluding hydrogens is 465 g/mol. The van der Waals surface area contributed by atoms with E-state index < -0.39 is 27.7 Å². The van der Waals surface area contributed by atoms with Crippen LogP contribution in [0.25, 0.3) is 0 Å². The molecular formula is C23H22FN3O4S2. The number of para-hydroxylation sites is 1. The number of primary amides is 1. The van der Waals surface area contributed by atoms with Crippen molar-refractivity contribution in [2.24, 2.45) is 11.7 Å². The van der Waals surface area contributed by atoms with Crippen molar-refractivity contribution in [1.82, 2.24) is 0 Å². The molecule has 33 heavy (non-hydrogen) atoms. The Hall–Kier alpha value is -3.24. The largest absolute Gasteiger partial charge is 0.365 e. The van der Waals surface area contributed by atoms with Crippen LogP contribution in [0.4, 0.5) is 15.1 Å². The average molecular weight is 488 g/mol. The molecule has 1 atom stereocenters. The Labute approximate surface area is 194 Å². The second-order valence-electron chi connectivity index (χ2n) is 7.98. The summed E-state index contributed by atoms with van der Waals surface area (Å²) in [6, 6.07) is 10.5. The predicted molar refractivity (Wildman–Crippen MR) is 126 cm³/mol. The van der Waals surface area contributed by atoms with E-state index in [0.717, 1.165) is 54.0 Å². The number of anilines is 2. The fraction of sp³-hybridized carbons (Fsp3) is 0.217. The van der Waals surface area contributed by atoms with Crippen molar-refractivity contribution in [2.45, 2.75) is 31.1 Å². The van der Waals surface area contributed by atoms with Gasteiger partial charge in [-0.15, -0.1) is 11.3 Å². The monoisotopic (exact) mass is 487 g/mol. The molecule has 1 heterocycles. The van der Waals surface area contributed by atoms with Gasteiger partial charge in [-0.1, -0.05) is 19.1 Å². The fourth-order valence-corrected chi connectivity index (χ4v) is 6.35. The minimum Gasteiger partial charge on any atom is -0.365 e. The second-order valence-corrected chi connectivity index (χ2v) is 10.8. The Morgan fingerprint density at radius 2 is 1.82 bits per heavy atom. The Bertz CT molecular complexity index is 1330. The smallest absolute Gasteiger partial charge is 0.261 e. The molecule has 0 aliphatic heterocycles. The van der Waals surface area contributed by atoms with Crippen LogP contribution in [0, 0.1) is 11.7 Å². The Kier molecular flexibility index (Phi) is 6.22. The summed E-state index contributed by atoms with van der Waals surface area (Å²) in [5.74, 6) is -1.28. The SMILES string of the molecule is CC1CCc2c(sc(NC(=O)c3ccccc3NS(=O)(=O)c3ccc(F)cc3)c2C(N)=O)C1. The number of carbonyl (C=O) groups is 2. The van der Waals surface area contributed by atoms with Crippen LogP contribution >= 0.6 is 11.3 Å². The highest BCUT2D eigenvalue weighted by atomic mass is 32.2. The maximum absolute atomic E-state index is 13.2. The molecule has 4 rings (SSSR count). The van der Waals surface area contributed by atoms with Crippen molar-refractivity contribution in [2.75, 3.05) is 10.0 Å². The van der Waals surface area contributed by atoms with Gasteiger partial charge in [-0.2, -0.15) is 0 Å². The van der Waals surface area contributed by atoms with E-state index in [1.54, 1.807) is 12.1 Å². The molecule has 3 aromatic rings. The normalized spacial score (nSPS) is 15.5. The van der Waals surface area contributed by atoms with Crippen LogP contribution in [0.3, 0.4) is 0 Å². The number of fused-ring (bicyclic) bond motifs is 1. The van der Waals surface area contributed by atoms with Gasteiger partial charge in [0.15, 0.2) is 0 Å². The van der Waals surface area contributed by atoms with Gasteiger partial charge in [0.05, 0.1) is 21.7 Å². The lowest BCUT2D eigenvalue weighted by Gasteiger charge is -2.18. The van der Waals surface area contributed by atoms with E-state index in [9.17, 15) is 22.4 Å². The number of hydrogen-bond acceptors (Lipinski definition) is 5. The van der Waals surface area contributed by atoms with Gasteiger partial charge in [-0.3, -0.25) is 14.3 Å². The first-order valence-corrected chi connectivity index (χ1v) is 12.6. The molecule has 0 spiro atoms. The van der Waals surface area contributed by atoms with E-state index in [-0.39, 0.29) is 16.1 Å². The summed E-state index contributed by atoms with van der Waals surface area (Å²) in [5, 5.41) is 3.11. The lowest BCUT2D eigenvalue weighted by Crippen LogP contribution is -2.21. The number of benzene rings is 2. The third-order valence-corrected chi connectivity index (χ3v) is 8.08. The van der Waals surface area contributed by atoms with Crippen LogP contribution in [-0.2, 0) is 22.9 Å². The molecule has 2 amide bonds. The molecule has 0 bridgehead atoms. The number of hydrogen-bond donors (Lipinski definition) is 3. The third kappa shape index (κ3) is 4.76. The van der Waals surface area contributed by atoms with Crippen LogP contribution in [-0.4, -0.2) is 20.2 Å². The van der Waals surface area contributed by atoms with Gasteiger partial charge in [-0.05, 0) is 67.1 Å². The number of amides is 2. The van der Waals surface area contributed by atoms with Gasteiger partial charge < -0.3 is 11.1 Å². The number of thiophene rings is 1. The van der Waals surface area contributed by atoms with Crippen molar-refractivity contribution in [3.63, 3.8) is 0 Å². The van der Waals surface area contributed by atoms with Gasteiger partial charge in [0.25, 0.3) is 21.8 Å². The lowest BCUT2D eigenvalue weighted by atomic mass is 9.88. The molecule has 172 valence electrons. The zero-order valence-corrected chi connectivity index (χ0v) is 19.4. The summed E-state index contributed by atoms with van der Waals surface area (Å²) >= 11 is 1.33. The van der Waals surface area contributed by atoms with E-state index in [1.165, 1.54) is 23.5 Å². The van der Waals surface area contributed by atoms with Crippen LogP contribution < -0.4 is 15.8 Å². The van der Waals surface area contributed by atoms with Gasteiger partial charge in [0, 0.05) is 4.88 Å². The maximum Gasteiger partial charge on any atom is 0.261 e. The predicted octanol–water partition coefficient (Wildman–Crippen LogP) is 4.16. The van der Waals surface area contributed by atoms with E-state index in [1.807, 2.05) is 0 Å². The zero-order chi connectivity index (χ0) is 23.8. The van der Waals surface area contributed by atoms with Gasteiger partial charge in [-0.25, -0.2) is 12.8 Å². The standard InChI is InChI=1S/C23H22FN3O4S2/c1-13-6-11-17-19(12-13)32-23(20(17)21(25)28)26-22(29)16-4-2-3-5-18(16)27-33(30,31)15-9-7-14(24)8-10-15/h2-5,7-10,13,27H,6,11-12H2,1H3,(H2,25,28)(H,26,29). The van der Waals surface area contributed by atoms with Crippen molar-refractivity contribution < 1.29 is 22.4 Å². The van der Waals surface area contributed by atoms with Crippen molar-refractivity contribution in [1.29, 1.82) is 0 Å². The molecule has 7 nitrogen and oxygen atoms in total. The summed E-state index contributed by atoms with van der Waals surface area (Å²) in [6.07, 6.45) is 2.46. The first kappa shape index (κ1) is 22.9. The molecule has 2 aromatic carbocycles. The van der Waals surface area contributed by atoms with Crippen molar-refractivity contribution in [3.8, 4) is 0 Å².